The van der Waals surface area contributed by atoms with Gasteiger partial charge in [0.1, 0.15) is 0 Å². The Labute approximate surface area is 150 Å². The summed E-state index contributed by atoms with van der Waals surface area (Å²) in [7, 11) is -3.24. The minimum Gasteiger partial charge on any atom is -1.00 e. The summed E-state index contributed by atoms with van der Waals surface area (Å²) in [6.45, 7) is 4.45. The minimum absolute atomic E-state index is 0. The molecule has 0 unspecified atom stereocenters. The molecule has 0 atom stereocenters. The van der Waals surface area contributed by atoms with E-state index in [9.17, 15) is 8.42 Å². The van der Waals surface area contributed by atoms with Crippen molar-refractivity contribution in [2.24, 2.45) is 0 Å². The molecule has 0 aliphatic carbocycles. The Morgan fingerprint density at radius 3 is 1.65 bits per heavy atom. The second-order valence-electron chi connectivity index (χ2n) is 5.27. The molecule has 0 amide bonds. The molecule has 0 aliphatic rings. The van der Waals surface area contributed by atoms with E-state index in [1.807, 2.05) is 6.92 Å². The zero-order valence-corrected chi connectivity index (χ0v) is 16.6. The van der Waals surface area contributed by atoms with Crippen LogP contribution in [-0.2, 0) is 14.3 Å². The zero-order valence-electron chi connectivity index (χ0n) is 14.8. The molecule has 118 valence electrons. The van der Waals surface area contributed by atoms with Crippen LogP contribution < -0.4 is 29.6 Å². The van der Waals surface area contributed by atoms with E-state index < -0.39 is 10.1 Å². The molecule has 20 heavy (non-hydrogen) atoms. The van der Waals surface area contributed by atoms with Gasteiger partial charge in [-0.2, -0.15) is 8.42 Å². The molecule has 0 rings (SSSR count). The van der Waals surface area contributed by atoms with Crippen LogP contribution >= 0.6 is 0 Å². The first-order chi connectivity index (χ1) is 9.12. The van der Waals surface area contributed by atoms with Crippen molar-refractivity contribution in [3.63, 3.8) is 0 Å². The van der Waals surface area contributed by atoms with Crippen LogP contribution in [0.2, 0.25) is 0 Å². The molecule has 0 saturated heterocycles. The van der Waals surface area contributed by atoms with Crippen LogP contribution in [0.5, 0.6) is 0 Å². The first-order valence-corrected chi connectivity index (χ1v) is 9.57. The van der Waals surface area contributed by atoms with Crippen molar-refractivity contribution < 1.29 is 43.6 Å². The monoisotopic (exact) mass is 316 g/mol. The molecule has 5 heteroatoms. The number of hydrogen-bond acceptors (Lipinski definition) is 3. The van der Waals surface area contributed by atoms with Crippen molar-refractivity contribution in [3.05, 3.63) is 0 Å². The second kappa shape index (κ2) is 16.3. The molecule has 0 bridgehead atoms. The van der Waals surface area contributed by atoms with Crippen LogP contribution in [-0.4, -0.2) is 20.8 Å². The average Bonchev–Trinajstić information content (AvgIpc) is 2.36. The number of rotatable bonds is 14. The van der Waals surface area contributed by atoms with Gasteiger partial charge in [0.25, 0.3) is 10.1 Å². The van der Waals surface area contributed by atoms with E-state index >= 15 is 0 Å². The van der Waals surface area contributed by atoms with Gasteiger partial charge in [0.15, 0.2) is 0 Å². The quantitative estimate of drug-likeness (QED) is 0.279. The summed E-state index contributed by atoms with van der Waals surface area (Å²) in [6.07, 6.45) is 13.1. The van der Waals surface area contributed by atoms with Crippen LogP contribution in [0.4, 0.5) is 0 Å². The van der Waals surface area contributed by atoms with E-state index in [-0.39, 0.29) is 36.7 Å². The molecular formula is C15H33NaO3S. The molecule has 0 fully saturated rings. The van der Waals surface area contributed by atoms with E-state index in [0.717, 1.165) is 12.8 Å². The normalized spacial score (nSPS) is 11.3. The molecule has 0 saturated carbocycles. The Balaban J connectivity index is -0.00000162. The van der Waals surface area contributed by atoms with Crippen LogP contribution in [0, 0.1) is 0 Å². The van der Waals surface area contributed by atoms with E-state index in [1.54, 1.807) is 0 Å². The number of unbranched alkanes of at least 4 members (excludes halogenated alkanes) is 9. The van der Waals surface area contributed by atoms with Crippen molar-refractivity contribution in [3.8, 4) is 0 Å². The molecular weight excluding hydrogens is 283 g/mol. The maximum absolute atomic E-state index is 11.3. The van der Waals surface area contributed by atoms with Gasteiger partial charge in [0.2, 0.25) is 0 Å². The molecule has 0 radical (unpaired) electrons. The van der Waals surface area contributed by atoms with Crippen LogP contribution in [0.25, 0.3) is 0 Å². The Morgan fingerprint density at radius 2 is 1.20 bits per heavy atom. The van der Waals surface area contributed by atoms with Gasteiger partial charge >= 0.3 is 29.6 Å². The van der Waals surface area contributed by atoms with Gasteiger partial charge in [-0.05, 0) is 12.8 Å². The van der Waals surface area contributed by atoms with E-state index in [4.69, 9.17) is 4.18 Å². The fourth-order valence-electron chi connectivity index (χ4n) is 2.08. The summed E-state index contributed by atoms with van der Waals surface area (Å²) in [5.74, 6) is 0.144. The van der Waals surface area contributed by atoms with Gasteiger partial charge in [-0.3, -0.25) is 4.18 Å². The van der Waals surface area contributed by atoms with Crippen LogP contribution in [0.1, 0.15) is 85.9 Å². The van der Waals surface area contributed by atoms with Crippen molar-refractivity contribution in [2.75, 3.05) is 12.4 Å². The largest absolute Gasteiger partial charge is 1.00 e. The van der Waals surface area contributed by atoms with E-state index in [1.165, 1.54) is 51.4 Å². The Hall–Kier alpha value is 0.910. The Bertz CT molecular complexity index is 285. The first-order valence-electron chi connectivity index (χ1n) is 7.99. The summed E-state index contributed by atoms with van der Waals surface area (Å²) >= 11 is 0. The molecule has 0 aromatic carbocycles. The third-order valence-electron chi connectivity index (χ3n) is 3.21. The summed E-state index contributed by atoms with van der Waals surface area (Å²) in [5.41, 5.74) is 0. The summed E-state index contributed by atoms with van der Waals surface area (Å²) in [5, 5.41) is 0. The average molecular weight is 316 g/mol. The second-order valence-corrected chi connectivity index (χ2v) is 7.03. The Morgan fingerprint density at radius 1 is 0.750 bits per heavy atom. The summed E-state index contributed by atoms with van der Waals surface area (Å²) in [6, 6.07) is 0. The molecule has 0 aromatic heterocycles. The topological polar surface area (TPSA) is 43.4 Å². The SMILES string of the molecule is CCCCCCCCCCCCOS(=O)(=O)CCC.[H-].[Na+]. The minimum atomic E-state index is -3.24. The molecule has 3 nitrogen and oxygen atoms in total. The maximum Gasteiger partial charge on any atom is 1.00 e. The molecule has 0 aliphatic heterocycles. The van der Waals surface area contributed by atoms with Gasteiger partial charge in [-0.25, -0.2) is 0 Å². The predicted octanol–water partition coefficient (Wildman–Crippen LogP) is 1.78. The summed E-state index contributed by atoms with van der Waals surface area (Å²) < 4.78 is 27.5. The third kappa shape index (κ3) is 17.0. The standard InChI is InChI=1S/C15H32O3S.Na.H/c1-3-5-6-7-8-9-10-11-12-13-14-18-19(16,17)15-4-2;;/h3-15H2,1-2H3;;/q;+1;-1. The van der Waals surface area contributed by atoms with Gasteiger partial charge in [-0.15, -0.1) is 0 Å². The first kappa shape index (κ1) is 23.2. The van der Waals surface area contributed by atoms with Crippen molar-refractivity contribution in [1.82, 2.24) is 0 Å². The van der Waals surface area contributed by atoms with Crippen LogP contribution in [0.15, 0.2) is 0 Å². The fraction of sp³-hybridized carbons (Fsp3) is 1.00. The Kier molecular flexibility index (Phi) is 18.9. The zero-order chi connectivity index (χ0) is 14.4. The molecule has 0 N–H and O–H groups in total. The van der Waals surface area contributed by atoms with Gasteiger partial charge < -0.3 is 1.43 Å². The van der Waals surface area contributed by atoms with Gasteiger partial charge in [0, 0.05) is 0 Å². The summed E-state index contributed by atoms with van der Waals surface area (Å²) in [4.78, 5) is 0. The molecule has 0 spiro atoms. The van der Waals surface area contributed by atoms with Crippen molar-refractivity contribution in [1.29, 1.82) is 0 Å². The molecule has 0 heterocycles. The fourth-order valence-corrected chi connectivity index (χ4v) is 3.07. The van der Waals surface area contributed by atoms with Gasteiger partial charge in [-0.1, -0.05) is 71.6 Å². The molecule has 0 aromatic rings. The van der Waals surface area contributed by atoms with E-state index in [2.05, 4.69) is 6.92 Å². The van der Waals surface area contributed by atoms with E-state index in [0.29, 0.717) is 13.0 Å². The van der Waals surface area contributed by atoms with Crippen LogP contribution in [0.3, 0.4) is 0 Å². The van der Waals surface area contributed by atoms with Crippen molar-refractivity contribution >= 4 is 10.1 Å². The van der Waals surface area contributed by atoms with Gasteiger partial charge in [0.05, 0.1) is 12.4 Å². The number of hydrogen-bond donors (Lipinski definition) is 0. The third-order valence-corrected chi connectivity index (χ3v) is 4.65. The smallest absolute Gasteiger partial charge is 1.00 e. The predicted molar refractivity (Wildman–Crippen MR) is 83.0 cm³/mol. The maximum atomic E-state index is 11.3. The van der Waals surface area contributed by atoms with Crippen molar-refractivity contribution in [2.45, 2.75) is 84.5 Å².